The molecule has 1 fully saturated rings. The molecule has 1 atom stereocenters. The van der Waals surface area contributed by atoms with Crippen molar-refractivity contribution in [2.75, 3.05) is 25.0 Å². The zero-order valence-electron chi connectivity index (χ0n) is 12.3. The highest BCUT2D eigenvalue weighted by atomic mass is 15.1. The number of rotatable bonds is 4. The van der Waals surface area contributed by atoms with Crippen molar-refractivity contribution < 1.29 is 0 Å². The lowest BCUT2D eigenvalue weighted by atomic mass is 10.0. The molecule has 1 N–H and O–H groups in total. The van der Waals surface area contributed by atoms with Gasteiger partial charge < -0.3 is 10.2 Å². The molecule has 1 aliphatic carbocycles. The summed E-state index contributed by atoms with van der Waals surface area (Å²) in [4.78, 5) is 2.64. The van der Waals surface area contributed by atoms with Crippen LogP contribution < -0.4 is 10.2 Å². The number of nitrogens with zero attached hydrogens (tertiary/aromatic N) is 1. The van der Waals surface area contributed by atoms with Gasteiger partial charge in [-0.2, -0.15) is 0 Å². The normalized spacial score (nSPS) is 20.8. The van der Waals surface area contributed by atoms with E-state index in [1.165, 1.54) is 56.4 Å². The first-order valence-electron chi connectivity index (χ1n) is 7.83. The average Bonchev–Trinajstić information content (AvgIpc) is 3.08. The summed E-state index contributed by atoms with van der Waals surface area (Å²) in [5.74, 6) is 0.941. The second-order valence-electron chi connectivity index (χ2n) is 6.25. The number of fused-ring (bicyclic) bond motifs is 1. The lowest BCUT2D eigenvalue weighted by Crippen LogP contribution is -2.26. The summed E-state index contributed by atoms with van der Waals surface area (Å²) in [7, 11) is 2.04. The van der Waals surface area contributed by atoms with Gasteiger partial charge >= 0.3 is 0 Å². The van der Waals surface area contributed by atoms with Crippen molar-refractivity contribution >= 4 is 5.69 Å². The van der Waals surface area contributed by atoms with Crippen LogP contribution in [0.3, 0.4) is 0 Å². The Balaban J connectivity index is 1.77. The van der Waals surface area contributed by atoms with E-state index in [-0.39, 0.29) is 0 Å². The van der Waals surface area contributed by atoms with Gasteiger partial charge in [-0.1, -0.05) is 25.0 Å². The minimum Gasteiger partial charge on any atom is -0.371 e. The third kappa shape index (κ3) is 2.64. The maximum atomic E-state index is 3.34. The Bertz CT molecular complexity index is 435. The fourth-order valence-electron chi connectivity index (χ4n) is 3.59. The van der Waals surface area contributed by atoms with E-state index in [1.54, 1.807) is 5.56 Å². The SMILES string of the molecule is CNC(C)c1ccc2c(c1)N(CC1CCCC1)CC2. The lowest BCUT2D eigenvalue weighted by molar-refractivity contribution is 0.538. The molecule has 1 aromatic rings. The minimum absolute atomic E-state index is 0.444. The summed E-state index contributed by atoms with van der Waals surface area (Å²) >= 11 is 0. The highest BCUT2D eigenvalue weighted by molar-refractivity contribution is 5.60. The van der Waals surface area contributed by atoms with E-state index >= 15 is 0 Å². The Morgan fingerprint density at radius 3 is 2.84 bits per heavy atom. The molecular formula is C17H26N2. The van der Waals surface area contributed by atoms with E-state index in [0.29, 0.717) is 6.04 Å². The van der Waals surface area contributed by atoms with Crippen LogP contribution in [0.5, 0.6) is 0 Å². The molecule has 2 heteroatoms. The molecule has 2 nitrogen and oxygen atoms in total. The van der Waals surface area contributed by atoms with Gasteiger partial charge in [0.25, 0.3) is 0 Å². The molecule has 2 aliphatic rings. The van der Waals surface area contributed by atoms with Gasteiger partial charge in [0.1, 0.15) is 0 Å². The van der Waals surface area contributed by atoms with Gasteiger partial charge in [-0.05, 0) is 56.3 Å². The van der Waals surface area contributed by atoms with E-state index in [1.807, 2.05) is 7.05 Å². The molecule has 0 saturated heterocycles. The Hall–Kier alpha value is -1.02. The van der Waals surface area contributed by atoms with Crippen LogP contribution in [0.15, 0.2) is 18.2 Å². The van der Waals surface area contributed by atoms with Crippen LogP contribution in [-0.4, -0.2) is 20.1 Å². The quantitative estimate of drug-likeness (QED) is 0.889. The summed E-state index contributed by atoms with van der Waals surface area (Å²) < 4.78 is 0. The standard InChI is InChI=1S/C17H26N2/c1-13(18-2)16-8-7-15-9-10-19(17(15)11-16)12-14-5-3-4-6-14/h7-8,11,13-14,18H,3-6,9-10,12H2,1-2H3. The molecule has 3 rings (SSSR count). The topological polar surface area (TPSA) is 15.3 Å². The van der Waals surface area contributed by atoms with Crippen LogP contribution in [-0.2, 0) is 6.42 Å². The molecule has 1 unspecified atom stereocenters. The van der Waals surface area contributed by atoms with Crippen LogP contribution in [0.2, 0.25) is 0 Å². The number of anilines is 1. The Kier molecular flexibility index (Phi) is 3.79. The largest absolute Gasteiger partial charge is 0.371 e. The van der Waals surface area contributed by atoms with Gasteiger partial charge in [-0.3, -0.25) is 0 Å². The first-order valence-corrected chi connectivity index (χ1v) is 7.83. The molecule has 1 aliphatic heterocycles. The number of nitrogens with one attached hydrogen (secondary N) is 1. The molecule has 1 saturated carbocycles. The van der Waals surface area contributed by atoms with Crippen molar-refractivity contribution in [2.45, 2.75) is 45.1 Å². The van der Waals surface area contributed by atoms with Gasteiger partial charge in [-0.25, -0.2) is 0 Å². The second kappa shape index (κ2) is 5.54. The molecule has 104 valence electrons. The van der Waals surface area contributed by atoms with Gasteiger partial charge in [0.05, 0.1) is 0 Å². The molecule has 19 heavy (non-hydrogen) atoms. The van der Waals surface area contributed by atoms with Crippen molar-refractivity contribution in [2.24, 2.45) is 5.92 Å². The van der Waals surface area contributed by atoms with E-state index in [0.717, 1.165) is 5.92 Å². The molecule has 1 aromatic carbocycles. The molecule has 0 radical (unpaired) electrons. The van der Waals surface area contributed by atoms with Crippen LogP contribution in [0.1, 0.15) is 49.8 Å². The van der Waals surface area contributed by atoms with Crippen LogP contribution in [0, 0.1) is 5.92 Å². The number of benzene rings is 1. The summed E-state index contributed by atoms with van der Waals surface area (Å²) in [6.07, 6.45) is 7.01. The third-order valence-electron chi connectivity index (χ3n) is 4.99. The van der Waals surface area contributed by atoms with Crippen molar-refractivity contribution in [3.05, 3.63) is 29.3 Å². The fourth-order valence-corrected chi connectivity index (χ4v) is 3.59. The molecule has 0 spiro atoms. The number of hydrogen-bond acceptors (Lipinski definition) is 2. The Labute approximate surface area is 117 Å². The van der Waals surface area contributed by atoms with E-state index in [9.17, 15) is 0 Å². The van der Waals surface area contributed by atoms with Gasteiger partial charge in [0, 0.05) is 24.8 Å². The maximum absolute atomic E-state index is 3.34. The van der Waals surface area contributed by atoms with E-state index < -0.39 is 0 Å². The highest BCUT2D eigenvalue weighted by Gasteiger charge is 2.24. The monoisotopic (exact) mass is 258 g/mol. The smallest absolute Gasteiger partial charge is 0.0402 e. The maximum Gasteiger partial charge on any atom is 0.0402 e. The predicted octanol–water partition coefficient (Wildman–Crippen LogP) is 3.52. The van der Waals surface area contributed by atoms with E-state index in [4.69, 9.17) is 0 Å². The first kappa shape index (κ1) is 13.0. The van der Waals surface area contributed by atoms with Crippen molar-refractivity contribution in [3.8, 4) is 0 Å². The molecule has 0 amide bonds. The molecule has 0 bridgehead atoms. The third-order valence-corrected chi connectivity index (χ3v) is 4.99. The Morgan fingerprint density at radius 1 is 1.32 bits per heavy atom. The zero-order valence-corrected chi connectivity index (χ0v) is 12.3. The molecule has 1 heterocycles. The van der Waals surface area contributed by atoms with Gasteiger partial charge in [0.15, 0.2) is 0 Å². The van der Waals surface area contributed by atoms with Crippen molar-refractivity contribution in [1.82, 2.24) is 5.32 Å². The van der Waals surface area contributed by atoms with Crippen molar-refractivity contribution in [3.63, 3.8) is 0 Å². The summed E-state index contributed by atoms with van der Waals surface area (Å²) in [6.45, 7) is 4.74. The van der Waals surface area contributed by atoms with Crippen LogP contribution >= 0.6 is 0 Å². The fraction of sp³-hybridized carbons (Fsp3) is 0.647. The number of hydrogen-bond donors (Lipinski definition) is 1. The zero-order chi connectivity index (χ0) is 13.2. The summed E-state index contributed by atoms with van der Waals surface area (Å²) in [5, 5.41) is 3.34. The van der Waals surface area contributed by atoms with Crippen molar-refractivity contribution in [1.29, 1.82) is 0 Å². The van der Waals surface area contributed by atoms with Crippen LogP contribution in [0.4, 0.5) is 5.69 Å². The first-order chi connectivity index (χ1) is 9.28. The molecule has 0 aromatic heterocycles. The Morgan fingerprint density at radius 2 is 2.11 bits per heavy atom. The average molecular weight is 258 g/mol. The summed E-state index contributed by atoms with van der Waals surface area (Å²) in [6, 6.07) is 7.49. The van der Waals surface area contributed by atoms with Gasteiger partial charge in [-0.15, -0.1) is 0 Å². The van der Waals surface area contributed by atoms with Gasteiger partial charge in [0.2, 0.25) is 0 Å². The predicted molar refractivity (Wildman–Crippen MR) is 81.8 cm³/mol. The second-order valence-corrected chi connectivity index (χ2v) is 6.25. The summed E-state index contributed by atoms with van der Waals surface area (Å²) in [5.41, 5.74) is 4.47. The highest BCUT2D eigenvalue weighted by Crippen LogP contribution is 2.34. The lowest BCUT2D eigenvalue weighted by Gasteiger charge is -2.24. The minimum atomic E-state index is 0.444. The molecular weight excluding hydrogens is 232 g/mol. The van der Waals surface area contributed by atoms with E-state index in [2.05, 4.69) is 35.3 Å². The van der Waals surface area contributed by atoms with Crippen LogP contribution in [0.25, 0.3) is 0 Å².